The molecule has 24 heavy (non-hydrogen) atoms. The molecule has 0 bridgehead atoms. The number of hydrogen-bond acceptors (Lipinski definition) is 3. The lowest BCUT2D eigenvalue weighted by atomic mass is 10.1. The number of aliphatic hydroxyl groups excluding tert-OH is 1. The summed E-state index contributed by atoms with van der Waals surface area (Å²) in [7, 11) is 0. The first-order valence-corrected chi connectivity index (χ1v) is 8.59. The Morgan fingerprint density at radius 2 is 1.83 bits per heavy atom. The zero-order chi connectivity index (χ0) is 16.8. The van der Waals surface area contributed by atoms with Gasteiger partial charge in [0.2, 0.25) is 0 Å². The summed E-state index contributed by atoms with van der Waals surface area (Å²) < 4.78 is 19.5. The largest absolute Gasteiger partial charge is 0.490 e. The zero-order valence-electron chi connectivity index (χ0n) is 13.8. The maximum Gasteiger partial charge on any atom is 0.128 e. The monoisotopic (exact) mass is 329 g/mol. The van der Waals surface area contributed by atoms with Gasteiger partial charge in [-0.2, -0.15) is 0 Å². The zero-order valence-corrected chi connectivity index (χ0v) is 13.8. The van der Waals surface area contributed by atoms with E-state index in [2.05, 4.69) is 11.4 Å². The molecule has 4 heteroatoms. The summed E-state index contributed by atoms with van der Waals surface area (Å²) >= 11 is 0. The Morgan fingerprint density at radius 1 is 1.04 bits per heavy atom. The Kier molecular flexibility index (Phi) is 5.83. The van der Waals surface area contributed by atoms with E-state index in [-0.39, 0.29) is 12.4 Å². The second kappa shape index (κ2) is 8.27. The predicted octanol–water partition coefficient (Wildman–Crippen LogP) is 3.93. The molecule has 128 valence electrons. The van der Waals surface area contributed by atoms with Crippen LogP contribution in [0.25, 0.3) is 0 Å². The maximum atomic E-state index is 13.4. The Hall–Kier alpha value is -1.91. The highest BCUT2D eigenvalue weighted by atomic mass is 19.1. The van der Waals surface area contributed by atoms with E-state index in [1.165, 1.54) is 18.9 Å². The van der Waals surface area contributed by atoms with Crippen molar-refractivity contribution in [3.63, 3.8) is 0 Å². The molecule has 2 N–H and O–H groups in total. The molecule has 0 aliphatic heterocycles. The third kappa shape index (κ3) is 4.34. The van der Waals surface area contributed by atoms with Gasteiger partial charge < -0.3 is 15.2 Å². The first kappa shape index (κ1) is 16.9. The van der Waals surface area contributed by atoms with E-state index in [1.54, 1.807) is 12.1 Å². The van der Waals surface area contributed by atoms with Crippen LogP contribution in [0, 0.1) is 5.82 Å². The summed E-state index contributed by atoms with van der Waals surface area (Å²) in [6.07, 6.45) is 5.13. The molecule has 0 radical (unpaired) electrons. The lowest BCUT2D eigenvalue weighted by Gasteiger charge is -2.17. The molecule has 0 amide bonds. The van der Waals surface area contributed by atoms with Gasteiger partial charge in [-0.05, 0) is 49.4 Å². The van der Waals surface area contributed by atoms with Crippen molar-refractivity contribution in [1.82, 2.24) is 5.32 Å². The normalized spacial score (nSPS) is 14.9. The van der Waals surface area contributed by atoms with Crippen LogP contribution in [0.1, 0.15) is 42.4 Å². The Labute approximate surface area is 142 Å². The van der Waals surface area contributed by atoms with Crippen LogP contribution in [0.3, 0.4) is 0 Å². The summed E-state index contributed by atoms with van der Waals surface area (Å²) in [5.41, 5.74) is 2.42. The fourth-order valence-corrected chi connectivity index (χ4v) is 3.15. The minimum Gasteiger partial charge on any atom is -0.490 e. The van der Waals surface area contributed by atoms with Gasteiger partial charge in [0, 0.05) is 24.2 Å². The van der Waals surface area contributed by atoms with Gasteiger partial charge >= 0.3 is 0 Å². The van der Waals surface area contributed by atoms with Gasteiger partial charge in [-0.25, -0.2) is 4.39 Å². The van der Waals surface area contributed by atoms with Crippen molar-refractivity contribution < 1.29 is 14.2 Å². The van der Waals surface area contributed by atoms with E-state index >= 15 is 0 Å². The van der Waals surface area contributed by atoms with Gasteiger partial charge in [-0.15, -0.1) is 0 Å². The van der Waals surface area contributed by atoms with E-state index in [9.17, 15) is 4.39 Å². The Morgan fingerprint density at radius 3 is 2.62 bits per heavy atom. The van der Waals surface area contributed by atoms with Crippen LogP contribution in [0.4, 0.5) is 4.39 Å². The van der Waals surface area contributed by atoms with Crippen molar-refractivity contribution in [3.8, 4) is 5.75 Å². The van der Waals surface area contributed by atoms with Crippen LogP contribution >= 0.6 is 0 Å². The molecule has 0 atom stereocenters. The highest BCUT2D eigenvalue weighted by molar-refractivity contribution is 5.33. The van der Waals surface area contributed by atoms with Gasteiger partial charge in [0.25, 0.3) is 0 Å². The number of rotatable bonds is 7. The molecule has 1 saturated carbocycles. The lowest BCUT2D eigenvalue weighted by molar-refractivity contribution is 0.207. The van der Waals surface area contributed by atoms with Gasteiger partial charge in [0.1, 0.15) is 11.6 Å². The second-order valence-corrected chi connectivity index (χ2v) is 6.32. The summed E-state index contributed by atoms with van der Waals surface area (Å²) in [6, 6.07) is 12.9. The van der Waals surface area contributed by atoms with Crippen molar-refractivity contribution in [1.29, 1.82) is 0 Å². The number of nitrogens with one attached hydrogen (secondary N) is 1. The summed E-state index contributed by atoms with van der Waals surface area (Å²) in [5.74, 6) is 0.587. The third-order valence-corrected chi connectivity index (χ3v) is 4.49. The van der Waals surface area contributed by atoms with Crippen LogP contribution in [0.15, 0.2) is 42.5 Å². The topological polar surface area (TPSA) is 41.5 Å². The number of benzene rings is 2. The maximum absolute atomic E-state index is 13.4. The van der Waals surface area contributed by atoms with Crippen molar-refractivity contribution in [2.24, 2.45) is 0 Å². The average Bonchev–Trinajstić information content (AvgIpc) is 3.11. The number of halogens is 1. The molecular formula is C20H24FNO2. The average molecular weight is 329 g/mol. The lowest BCUT2D eigenvalue weighted by Crippen LogP contribution is -2.16. The molecule has 1 aliphatic carbocycles. The minimum absolute atomic E-state index is 0.280. The number of para-hydroxylation sites is 1. The quantitative estimate of drug-likeness (QED) is 0.809. The molecule has 0 aromatic heterocycles. The number of ether oxygens (including phenoxy) is 1. The van der Waals surface area contributed by atoms with Crippen molar-refractivity contribution in [3.05, 3.63) is 65.0 Å². The summed E-state index contributed by atoms with van der Waals surface area (Å²) in [5, 5.41) is 12.5. The smallest absolute Gasteiger partial charge is 0.128 e. The predicted molar refractivity (Wildman–Crippen MR) is 92.2 cm³/mol. The third-order valence-electron chi connectivity index (χ3n) is 4.49. The second-order valence-electron chi connectivity index (χ2n) is 6.32. The number of hydrogen-bond donors (Lipinski definition) is 2. The summed E-state index contributed by atoms with van der Waals surface area (Å²) in [6.45, 7) is 1.03. The standard InChI is InChI=1S/C20H24FNO2/c21-19-10-9-15(11-17(19)14-23)12-22-13-16-5-1-4-8-20(16)24-18-6-2-3-7-18/h1,4-5,8-11,18,22-23H,2-3,6-7,12-14H2. The fourth-order valence-electron chi connectivity index (χ4n) is 3.15. The van der Waals surface area contributed by atoms with E-state index in [4.69, 9.17) is 9.84 Å². The molecule has 2 aromatic carbocycles. The summed E-state index contributed by atoms with van der Waals surface area (Å²) in [4.78, 5) is 0. The Balaban J connectivity index is 1.58. The van der Waals surface area contributed by atoms with E-state index in [0.717, 1.165) is 29.7 Å². The molecule has 0 spiro atoms. The van der Waals surface area contributed by atoms with Crippen molar-refractivity contribution >= 4 is 0 Å². The first-order chi connectivity index (χ1) is 11.8. The van der Waals surface area contributed by atoms with E-state index < -0.39 is 0 Å². The Bertz CT molecular complexity index is 668. The molecule has 1 fully saturated rings. The highest BCUT2D eigenvalue weighted by Gasteiger charge is 2.17. The molecule has 0 heterocycles. The molecule has 1 aliphatic rings. The van der Waals surface area contributed by atoms with Crippen LogP contribution in [-0.2, 0) is 19.7 Å². The van der Waals surface area contributed by atoms with Gasteiger partial charge in [-0.3, -0.25) is 0 Å². The van der Waals surface area contributed by atoms with Crippen LogP contribution < -0.4 is 10.1 Å². The molecule has 0 saturated heterocycles. The highest BCUT2D eigenvalue weighted by Crippen LogP contribution is 2.26. The molecule has 3 rings (SSSR count). The van der Waals surface area contributed by atoms with Crippen molar-refractivity contribution in [2.45, 2.75) is 51.5 Å². The van der Waals surface area contributed by atoms with E-state index in [1.807, 2.05) is 18.2 Å². The molecular weight excluding hydrogens is 305 g/mol. The van der Waals surface area contributed by atoms with Crippen molar-refractivity contribution in [2.75, 3.05) is 0 Å². The van der Waals surface area contributed by atoms with E-state index in [0.29, 0.717) is 24.8 Å². The SMILES string of the molecule is OCc1cc(CNCc2ccccc2OC2CCCC2)ccc1F. The molecule has 2 aromatic rings. The fraction of sp³-hybridized carbons (Fsp3) is 0.400. The van der Waals surface area contributed by atoms with Crippen LogP contribution in [0.2, 0.25) is 0 Å². The minimum atomic E-state index is -0.364. The van der Waals surface area contributed by atoms with Gasteiger partial charge in [0.05, 0.1) is 12.7 Å². The first-order valence-electron chi connectivity index (χ1n) is 8.59. The number of aliphatic hydroxyl groups is 1. The molecule has 0 unspecified atom stereocenters. The van der Waals surface area contributed by atoms with Gasteiger partial charge in [0.15, 0.2) is 0 Å². The van der Waals surface area contributed by atoms with Gasteiger partial charge in [-0.1, -0.05) is 24.3 Å². The molecule has 3 nitrogen and oxygen atoms in total. The van der Waals surface area contributed by atoms with Crippen LogP contribution in [-0.4, -0.2) is 11.2 Å². The van der Waals surface area contributed by atoms with Crippen LogP contribution in [0.5, 0.6) is 5.75 Å².